The van der Waals surface area contributed by atoms with Crippen LogP contribution >= 0.6 is 0 Å². The SMILES string of the molecule is COCc1cc2cc(c1)C(=O)N[C@H]([C@H](O)CNC1(c3cccc(C(C)(C)C)c3)CC1)Cc1cccc(c1)OCCCCN2. The van der Waals surface area contributed by atoms with E-state index in [0.717, 1.165) is 54.8 Å². The molecular weight excluding hydrogens is 538 g/mol. The van der Waals surface area contributed by atoms with Gasteiger partial charge in [-0.3, -0.25) is 4.79 Å². The van der Waals surface area contributed by atoms with Gasteiger partial charge < -0.3 is 30.5 Å². The zero-order chi connectivity index (χ0) is 30.5. The minimum Gasteiger partial charge on any atom is -0.494 e. The number of aliphatic hydroxyl groups excluding tert-OH is 1. The van der Waals surface area contributed by atoms with Gasteiger partial charge in [-0.1, -0.05) is 57.2 Å². The Hall–Kier alpha value is -3.39. The molecule has 3 aromatic carbocycles. The van der Waals surface area contributed by atoms with E-state index in [2.05, 4.69) is 61.0 Å². The van der Waals surface area contributed by atoms with Gasteiger partial charge >= 0.3 is 0 Å². The molecule has 2 atom stereocenters. The summed E-state index contributed by atoms with van der Waals surface area (Å²) in [5.74, 6) is 0.587. The van der Waals surface area contributed by atoms with Gasteiger partial charge in [0.1, 0.15) is 5.75 Å². The van der Waals surface area contributed by atoms with Gasteiger partial charge in [-0.25, -0.2) is 0 Å². The van der Waals surface area contributed by atoms with Gasteiger partial charge in [-0.05, 0) is 90.1 Å². The highest BCUT2D eigenvalue weighted by Gasteiger charge is 2.44. The summed E-state index contributed by atoms with van der Waals surface area (Å²) in [7, 11) is 1.65. The minimum absolute atomic E-state index is 0.0633. The van der Waals surface area contributed by atoms with Crippen molar-refractivity contribution in [2.24, 2.45) is 0 Å². The molecule has 230 valence electrons. The van der Waals surface area contributed by atoms with Gasteiger partial charge in [0.05, 0.1) is 25.4 Å². The van der Waals surface area contributed by atoms with E-state index in [-0.39, 0.29) is 16.9 Å². The monoisotopic (exact) mass is 585 g/mol. The van der Waals surface area contributed by atoms with E-state index in [4.69, 9.17) is 9.47 Å². The van der Waals surface area contributed by atoms with Gasteiger partial charge in [-0.15, -0.1) is 0 Å². The molecule has 0 radical (unpaired) electrons. The van der Waals surface area contributed by atoms with Gasteiger partial charge in [-0.2, -0.15) is 0 Å². The second kappa shape index (κ2) is 13.5. The Balaban J connectivity index is 1.38. The topological polar surface area (TPSA) is 91.9 Å². The summed E-state index contributed by atoms with van der Waals surface area (Å²) in [4.78, 5) is 13.7. The Labute approximate surface area is 256 Å². The number of methoxy groups -OCH3 is 1. The number of fused-ring (bicyclic) bond motifs is 4. The van der Waals surface area contributed by atoms with E-state index in [1.165, 1.54) is 11.1 Å². The van der Waals surface area contributed by atoms with Crippen molar-refractivity contribution in [2.45, 2.75) is 82.6 Å². The van der Waals surface area contributed by atoms with Crippen molar-refractivity contribution in [1.82, 2.24) is 10.6 Å². The molecule has 43 heavy (non-hydrogen) atoms. The Morgan fingerprint density at radius 1 is 1.07 bits per heavy atom. The molecule has 7 nitrogen and oxygen atoms in total. The standard InChI is InChI=1S/C36H47N3O4/c1-35(2,3)28-10-8-11-29(22-28)36(13-14-36)38-23-33(40)32-20-25-9-7-12-31(19-25)43-16-6-5-15-37-30-18-26(24-42-4)17-27(21-30)34(41)39-32/h7-12,17-19,21-22,32-33,37-38,40H,5-6,13-16,20,23-24H2,1-4H3,(H,39,41)/t32-,33+/m0/s1. The number of aliphatic hydroxyl groups is 1. The number of amides is 1. The van der Waals surface area contributed by atoms with Crippen LogP contribution in [-0.4, -0.2) is 50.0 Å². The molecule has 2 aliphatic rings. The van der Waals surface area contributed by atoms with E-state index >= 15 is 0 Å². The number of carbonyl (C=O) groups excluding carboxylic acids is 1. The van der Waals surface area contributed by atoms with E-state index in [1.807, 2.05) is 42.5 Å². The number of anilines is 1. The lowest BCUT2D eigenvalue weighted by Crippen LogP contribution is -2.50. The lowest BCUT2D eigenvalue weighted by atomic mass is 9.85. The maximum atomic E-state index is 13.7. The van der Waals surface area contributed by atoms with Crippen LogP contribution in [0.5, 0.6) is 5.75 Å². The molecule has 5 rings (SSSR count). The van der Waals surface area contributed by atoms with Gasteiger partial charge in [0, 0.05) is 37.0 Å². The lowest BCUT2D eigenvalue weighted by molar-refractivity contribution is 0.0822. The van der Waals surface area contributed by atoms with E-state index in [1.54, 1.807) is 7.11 Å². The summed E-state index contributed by atoms with van der Waals surface area (Å²) in [5, 5.41) is 21.9. The molecule has 0 unspecified atom stereocenters. The van der Waals surface area contributed by atoms with Crippen molar-refractivity contribution in [3.05, 3.63) is 94.5 Å². The molecule has 1 amide bonds. The molecule has 4 N–H and O–H groups in total. The predicted octanol–water partition coefficient (Wildman–Crippen LogP) is 5.70. The first-order valence-electron chi connectivity index (χ1n) is 15.6. The second-order valence-electron chi connectivity index (χ2n) is 13.1. The summed E-state index contributed by atoms with van der Waals surface area (Å²) < 4.78 is 11.4. The lowest BCUT2D eigenvalue weighted by Gasteiger charge is -2.28. The molecule has 3 aromatic rings. The molecular formula is C36H47N3O4. The Bertz CT molecular complexity index is 1400. The third-order valence-electron chi connectivity index (χ3n) is 8.55. The fraction of sp³-hybridized carbons (Fsp3) is 0.472. The molecule has 1 aliphatic carbocycles. The predicted molar refractivity (Wildman–Crippen MR) is 172 cm³/mol. The van der Waals surface area contributed by atoms with Crippen molar-refractivity contribution in [2.75, 3.05) is 32.1 Å². The highest BCUT2D eigenvalue weighted by atomic mass is 16.5. The number of ether oxygens (including phenoxy) is 2. The smallest absolute Gasteiger partial charge is 0.251 e. The first-order chi connectivity index (χ1) is 20.6. The summed E-state index contributed by atoms with van der Waals surface area (Å²) in [6.45, 7) is 8.85. The van der Waals surface area contributed by atoms with Gasteiger partial charge in [0.15, 0.2) is 0 Å². The first kappa shape index (κ1) is 31.0. The van der Waals surface area contributed by atoms with Crippen LogP contribution in [0.1, 0.15) is 79.1 Å². The average molecular weight is 586 g/mol. The van der Waals surface area contributed by atoms with Gasteiger partial charge in [0.25, 0.3) is 5.91 Å². The van der Waals surface area contributed by atoms with Crippen LogP contribution in [0.25, 0.3) is 0 Å². The Morgan fingerprint density at radius 3 is 2.65 bits per heavy atom. The highest BCUT2D eigenvalue weighted by Crippen LogP contribution is 2.46. The van der Waals surface area contributed by atoms with Crippen LogP contribution in [0, 0.1) is 0 Å². The van der Waals surface area contributed by atoms with Crippen molar-refractivity contribution in [3.63, 3.8) is 0 Å². The van der Waals surface area contributed by atoms with Gasteiger partial charge in [0.2, 0.25) is 0 Å². The molecule has 4 bridgehead atoms. The van der Waals surface area contributed by atoms with Crippen molar-refractivity contribution in [3.8, 4) is 5.75 Å². The summed E-state index contributed by atoms with van der Waals surface area (Å²) in [6, 6.07) is 22.0. The normalized spacial score (nSPS) is 19.5. The Kier molecular flexibility index (Phi) is 9.75. The third-order valence-corrected chi connectivity index (χ3v) is 8.55. The molecule has 1 aliphatic heterocycles. The number of nitrogens with one attached hydrogen (secondary N) is 3. The number of rotatable bonds is 7. The average Bonchev–Trinajstić information content (AvgIpc) is 3.78. The van der Waals surface area contributed by atoms with Crippen molar-refractivity contribution >= 4 is 11.6 Å². The molecule has 1 fully saturated rings. The van der Waals surface area contributed by atoms with Crippen LogP contribution in [0.2, 0.25) is 0 Å². The largest absolute Gasteiger partial charge is 0.494 e. The summed E-state index contributed by atoms with van der Waals surface area (Å²) >= 11 is 0. The van der Waals surface area contributed by atoms with E-state index in [9.17, 15) is 9.90 Å². The molecule has 7 heteroatoms. The number of benzene rings is 3. The van der Waals surface area contributed by atoms with E-state index in [0.29, 0.717) is 31.7 Å². The molecule has 0 aromatic heterocycles. The maximum absolute atomic E-state index is 13.7. The first-order valence-corrected chi connectivity index (χ1v) is 15.6. The van der Waals surface area contributed by atoms with Crippen molar-refractivity contribution < 1.29 is 19.4 Å². The third kappa shape index (κ3) is 8.17. The fourth-order valence-corrected chi connectivity index (χ4v) is 5.79. The Morgan fingerprint density at radius 2 is 1.88 bits per heavy atom. The van der Waals surface area contributed by atoms with Crippen molar-refractivity contribution in [1.29, 1.82) is 0 Å². The summed E-state index contributed by atoms with van der Waals surface area (Å²) in [6.07, 6.45) is 3.56. The molecule has 0 spiro atoms. The number of hydrogen-bond acceptors (Lipinski definition) is 6. The maximum Gasteiger partial charge on any atom is 0.251 e. The second-order valence-corrected chi connectivity index (χ2v) is 13.1. The minimum atomic E-state index is -0.810. The zero-order valence-electron chi connectivity index (χ0n) is 26.0. The van der Waals surface area contributed by atoms with Crippen LogP contribution in [0.3, 0.4) is 0 Å². The van der Waals surface area contributed by atoms with Crippen LogP contribution in [0.15, 0.2) is 66.7 Å². The zero-order valence-corrected chi connectivity index (χ0v) is 26.0. The van der Waals surface area contributed by atoms with E-state index < -0.39 is 12.1 Å². The van der Waals surface area contributed by atoms with Crippen LogP contribution in [0.4, 0.5) is 5.69 Å². The highest BCUT2D eigenvalue weighted by molar-refractivity contribution is 5.95. The fourth-order valence-electron chi connectivity index (χ4n) is 5.79. The molecule has 0 saturated heterocycles. The molecule has 1 saturated carbocycles. The quantitative estimate of drug-likeness (QED) is 0.285. The van der Waals surface area contributed by atoms with Crippen LogP contribution in [-0.2, 0) is 28.7 Å². The summed E-state index contributed by atoms with van der Waals surface area (Å²) in [5.41, 5.74) is 5.82. The molecule has 1 heterocycles. The van der Waals surface area contributed by atoms with Crippen LogP contribution < -0.4 is 20.7 Å². The number of carbonyl (C=O) groups is 1. The number of hydrogen-bond donors (Lipinski definition) is 4.